The van der Waals surface area contributed by atoms with E-state index in [2.05, 4.69) is 66.7 Å². The van der Waals surface area contributed by atoms with E-state index in [9.17, 15) is 0 Å². The Morgan fingerprint density at radius 3 is 1.73 bits per heavy atom. The molecule has 0 fully saturated rings. The average molecular weight is 203 g/mol. The van der Waals surface area contributed by atoms with Crippen LogP contribution in [0.15, 0.2) is 18.2 Å². The van der Waals surface area contributed by atoms with Gasteiger partial charge in [-0.1, -0.05) is 59.7 Å². The van der Waals surface area contributed by atoms with Crippen LogP contribution in [-0.4, -0.2) is 0 Å². The molecular weight excluding hydrogens is 180 g/mol. The van der Waals surface area contributed by atoms with Crippen molar-refractivity contribution in [2.75, 3.05) is 0 Å². The molecule has 0 saturated carbocycles. The standard InChI is InChI=1S/C15H23/c1-11-10-12(14(2,3)4)8-9-13(11)15(5,6)7/h8-10H,1H2,2-7H3. The summed E-state index contributed by atoms with van der Waals surface area (Å²) in [6.07, 6.45) is 0. The third-order valence-electron chi connectivity index (χ3n) is 2.78. The molecule has 0 heteroatoms. The number of hydrogen-bond donors (Lipinski definition) is 0. The maximum Gasteiger partial charge on any atom is -0.0129 e. The summed E-state index contributed by atoms with van der Waals surface area (Å²) < 4.78 is 0. The van der Waals surface area contributed by atoms with E-state index in [1.54, 1.807) is 0 Å². The summed E-state index contributed by atoms with van der Waals surface area (Å²) in [5, 5.41) is 0. The highest BCUT2D eigenvalue weighted by molar-refractivity contribution is 5.40. The van der Waals surface area contributed by atoms with Gasteiger partial charge in [0.25, 0.3) is 0 Å². The van der Waals surface area contributed by atoms with E-state index < -0.39 is 0 Å². The van der Waals surface area contributed by atoms with Crippen molar-refractivity contribution in [1.29, 1.82) is 0 Å². The number of hydrogen-bond acceptors (Lipinski definition) is 0. The monoisotopic (exact) mass is 203 g/mol. The van der Waals surface area contributed by atoms with Crippen molar-refractivity contribution in [3.8, 4) is 0 Å². The van der Waals surface area contributed by atoms with Gasteiger partial charge in [0.05, 0.1) is 0 Å². The van der Waals surface area contributed by atoms with Crippen LogP contribution in [0.2, 0.25) is 0 Å². The molecule has 0 spiro atoms. The highest BCUT2D eigenvalue weighted by atomic mass is 14.2. The lowest BCUT2D eigenvalue weighted by molar-refractivity contribution is 0.575. The van der Waals surface area contributed by atoms with E-state index in [0.29, 0.717) is 0 Å². The zero-order chi connectivity index (χ0) is 11.9. The molecule has 0 bridgehead atoms. The van der Waals surface area contributed by atoms with Crippen LogP contribution in [0.25, 0.3) is 0 Å². The lowest BCUT2D eigenvalue weighted by Gasteiger charge is -2.25. The van der Waals surface area contributed by atoms with Gasteiger partial charge in [-0.15, -0.1) is 0 Å². The van der Waals surface area contributed by atoms with Crippen LogP contribution in [0, 0.1) is 6.92 Å². The van der Waals surface area contributed by atoms with Crippen LogP contribution in [0.4, 0.5) is 0 Å². The molecule has 1 radical (unpaired) electrons. The summed E-state index contributed by atoms with van der Waals surface area (Å²) >= 11 is 0. The molecule has 15 heavy (non-hydrogen) atoms. The summed E-state index contributed by atoms with van der Waals surface area (Å²) in [7, 11) is 0. The van der Waals surface area contributed by atoms with Gasteiger partial charge >= 0.3 is 0 Å². The van der Waals surface area contributed by atoms with Crippen LogP contribution < -0.4 is 0 Å². The molecule has 0 aliphatic carbocycles. The van der Waals surface area contributed by atoms with Crippen molar-refractivity contribution >= 4 is 0 Å². The van der Waals surface area contributed by atoms with E-state index in [1.807, 2.05) is 0 Å². The van der Waals surface area contributed by atoms with Gasteiger partial charge in [0.2, 0.25) is 0 Å². The van der Waals surface area contributed by atoms with Crippen molar-refractivity contribution in [3.05, 3.63) is 41.8 Å². The lowest BCUT2D eigenvalue weighted by Crippen LogP contribution is -2.16. The quantitative estimate of drug-likeness (QED) is 0.584. The minimum atomic E-state index is 0.188. The summed E-state index contributed by atoms with van der Waals surface area (Å²) in [6, 6.07) is 6.68. The Bertz CT molecular complexity index is 345. The van der Waals surface area contributed by atoms with Crippen molar-refractivity contribution < 1.29 is 0 Å². The number of rotatable bonds is 0. The molecule has 0 unspecified atom stereocenters. The minimum Gasteiger partial charge on any atom is -0.0582 e. The Hall–Kier alpha value is -0.780. The fourth-order valence-corrected chi connectivity index (χ4v) is 1.79. The van der Waals surface area contributed by atoms with E-state index in [4.69, 9.17) is 0 Å². The average Bonchev–Trinajstić information content (AvgIpc) is 1.99. The van der Waals surface area contributed by atoms with Gasteiger partial charge in [-0.3, -0.25) is 0 Å². The maximum atomic E-state index is 4.16. The second-order valence-electron chi connectivity index (χ2n) is 6.37. The van der Waals surface area contributed by atoms with Crippen molar-refractivity contribution in [1.82, 2.24) is 0 Å². The van der Waals surface area contributed by atoms with Gasteiger partial charge < -0.3 is 0 Å². The smallest absolute Gasteiger partial charge is 0.0129 e. The van der Waals surface area contributed by atoms with Crippen molar-refractivity contribution in [3.63, 3.8) is 0 Å². The summed E-state index contributed by atoms with van der Waals surface area (Å²) in [5.74, 6) is 0. The van der Waals surface area contributed by atoms with Crippen LogP contribution in [0.1, 0.15) is 58.2 Å². The molecule has 0 heterocycles. The Kier molecular flexibility index (Phi) is 3.00. The van der Waals surface area contributed by atoms with Gasteiger partial charge in [0.15, 0.2) is 0 Å². The molecule has 0 aliphatic heterocycles. The van der Waals surface area contributed by atoms with Crippen LogP contribution in [0.5, 0.6) is 0 Å². The van der Waals surface area contributed by atoms with Gasteiger partial charge in [0.1, 0.15) is 0 Å². The molecular formula is C15H23. The minimum absolute atomic E-state index is 0.188. The fraction of sp³-hybridized carbons (Fsp3) is 0.533. The summed E-state index contributed by atoms with van der Waals surface area (Å²) in [4.78, 5) is 0. The maximum absolute atomic E-state index is 4.16. The summed E-state index contributed by atoms with van der Waals surface area (Å²) in [5.41, 5.74) is 4.27. The molecule has 0 saturated heterocycles. The third kappa shape index (κ3) is 2.84. The van der Waals surface area contributed by atoms with E-state index in [0.717, 1.165) is 5.56 Å². The largest absolute Gasteiger partial charge is 0.0582 e. The SMILES string of the molecule is [CH2]c1cc(C(C)(C)C)ccc1C(C)(C)C. The molecule has 0 aliphatic rings. The van der Waals surface area contributed by atoms with E-state index in [1.165, 1.54) is 11.1 Å². The van der Waals surface area contributed by atoms with Crippen LogP contribution in [-0.2, 0) is 10.8 Å². The highest BCUT2D eigenvalue weighted by Crippen LogP contribution is 2.30. The Morgan fingerprint density at radius 2 is 1.40 bits per heavy atom. The predicted molar refractivity (Wildman–Crippen MR) is 68.3 cm³/mol. The topological polar surface area (TPSA) is 0 Å². The lowest BCUT2D eigenvalue weighted by atomic mass is 9.80. The van der Waals surface area contributed by atoms with Crippen molar-refractivity contribution in [2.24, 2.45) is 0 Å². The van der Waals surface area contributed by atoms with Gasteiger partial charge in [-0.2, -0.15) is 0 Å². The van der Waals surface area contributed by atoms with Crippen molar-refractivity contribution in [2.45, 2.75) is 52.4 Å². The second-order valence-corrected chi connectivity index (χ2v) is 6.37. The molecule has 0 amide bonds. The van der Waals surface area contributed by atoms with Crippen LogP contribution in [0.3, 0.4) is 0 Å². The molecule has 0 atom stereocenters. The Morgan fingerprint density at radius 1 is 0.867 bits per heavy atom. The van der Waals surface area contributed by atoms with E-state index in [-0.39, 0.29) is 10.8 Å². The Labute approximate surface area is 94.7 Å². The first kappa shape index (κ1) is 12.3. The first-order chi connectivity index (χ1) is 6.62. The third-order valence-corrected chi connectivity index (χ3v) is 2.78. The van der Waals surface area contributed by atoms with Crippen LogP contribution >= 0.6 is 0 Å². The normalized spacial score (nSPS) is 13.0. The van der Waals surface area contributed by atoms with Gasteiger partial charge in [-0.05, 0) is 34.4 Å². The second kappa shape index (κ2) is 3.66. The zero-order valence-corrected chi connectivity index (χ0v) is 10.9. The fourth-order valence-electron chi connectivity index (χ4n) is 1.79. The summed E-state index contributed by atoms with van der Waals surface area (Å²) in [6.45, 7) is 17.6. The van der Waals surface area contributed by atoms with Gasteiger partial charge in [0, 0.05) is 0 Å². The molecule has 0 aromatic heterocycles. The van der Waals surface area contributed by atoms with E-state index >= 15 is 0 Å². The Balaban J connectivity index is 3.21. The zero-order valence-electron chi connectivity index (χ0n) is 10.9. The number of benzene rings is 1. The molecule has 1 aromatic rings. The first-order valence-corrected chi connectivity index (χ1v) is 5.59. The molecule has 0 N–H and O–H groups in total. The van der Waals surface area contributed by atoms with Gasteiger partial charge in [-0.25, -0.2) is 0 Å². The highest BCUT2D eigenvalue weighted by Gasteiger charge is 2.19. The predicted octanol–water partition coefficient (Wildman–Crippen LogP) is 4.46. The molecule has 0 nitrogen and oxygen atoms in total. The molecule has 83 valence electrons. The molecule has 1 rings (SSSR count). The first-order valence-electron chi connectivity index (χ1n) is 5.59. The molecule has 1 aromatic carbocycles.